The minimum absolute atomic E-state index is 0.186. The summed E-state index contributed by atoms with van der Waals surface area (Å²) in [6.07, 6.45) is 3.07. The van der Waals surface area contributed by atoms with Crippen molar-refractivity contribution in [3.05, 3.63) is 34.1 Å². The van der Waals surface area contributed by atoms with Gasteiger partial charge in [0, 0.05) is 19.1 Å². The van der Waals surface area contributed by atoms with Gasteiger partial charge in [0.05, 0.1) is 10.0 Å². The van der Waals surface area contributed by atoms with Gasteiger partial charge in [-0.3, -0.25) is 4.79 Å². The average Bonchev–Trinajstić information content (AvgIpc) is 2.44. The molecule has 0 bridgehead atoms. The number of carbonyl (C=O) groups excluding carboxylic acids is 1. The maximum absolute atomic E-state index is 13.4. The topological polar surface area (TPSA) is 32.3 Å². The molecule has 3 nitrogen and oxygen atoms in total. The normalized spacial score (nSPS) is 17.1. The Balaban J connectivity index is 1.91. The van der Waals surface area contributed by atoms with Gasteiger partial charge in [-0.25, -0.2) is 4.39 Å². The van der Waals surface area contributed by atoms with Gasteiger partial charge in [0.25, 0.3) is 5.91 Å². The third-order valence-corrected chi connectivity index (χ3v) is 4.46. The van der Waals surface area contributed by atoms with E-state index in [9.17, 15) is 9.18 Å². The lowest BCUT2D eigenvalue weighted by Crippen LogP contribution is -2.44. The predicted molar refractivity (Wildman–Crippen MR) is 81.3 cm³/mol. The van der Waals surface area contributed by atoms with E-state index in [0.717, 1.165) is 38.9 Å². The molecule has 0 unspecified atom stereocenters. The van der Waals surface area contributed by atoms with Crippen LogP contribution in [0.3, 0.4) is 0 Å². The highest BCUT2D eigenvalue weighted by Gasteiger charge is 2.21. The van der Waals surface area contributed by atoms with Crippen molar-refractivity contribution in [3.8, 4) is 0 Å². The lowest BCUT2D eigenvalue weighted by atomic mass is 10.0. The lowest BCUT2D eigenvalue weighted by Gasteiger charge is -2.32. The van der Waals surface area contributed by atoms with Gasteiger partial charge in [-0.2, -0.15) is 0 Å². The van der Waals surface area contributed by atoms with Crippen LogP contribution in [-0.4, -0.2) is 36.5 Å². The molecule has 1 heterocycles. The van der Waals surface area contributed by atoms with Gasteiger partial charge in [-0.05, 0) is 53.9 Å². The number of rotatable bonds is 4. The number of halogens is 2. The number of carbonyl (C=O) groups is 1. The van der Waals surface area contributed by atoms with Gasteiger partial charge in [-0.15, -0.1) is 0 Å². The largest absolute Gasteiger partial charge is 0.349 e. The maximum atomic E-state index is 13.4. The zero-order valence-corrected chi connectivity index (χ0v) is 13.2. The van der Waals surface area contributed by atoms with Gasteiger partial charge in [0.1, 0.15) is 5.82 Å². The molecule has 1 saturated heterocycles. The summed E-state index contributed by atoms with van der Waals surface area (Å²) in [5, 5.41) is 3.00. The Morgan fingerprint density at radius 3 is 2.80 bits per heavy atom. The summed E-state index contributed by atoms with van der Waals surface area (Å²) in [4.78, 5) is 14.6. The Bertz CT molecular complexity index is 473. The average molecular weight is 343 g/mol. The van der Waals surface area contributed by atoms with E-state index < -0.39 is 5.82 Å². The van der Waals surface area contributed by atoms with Gasteiger partial charge in [-0.1, -0.05) is 13.0 Å². The molecule has 0 aliphatic carbocycles. The molecule has 20 heavy (non-hydrogen) atoms. The summed E-state index contributed by atoms with van der Waals surface area (Å²) in [6, 6.07) is 4.71. The van der Waals surface area contributed by atoms with E-state index in [1.54, 1.807) is 12.1 Å². The smallest absolute Gasteiger partial charge is 0.252 e. The SMILES string of the molecule is CCCN1CCC(NC(=O)c2cccc(F)c2Br)CC1. The highest BCUT2D eigenvalue weighted by molar-refractivity contribution is 9.10. The summed E-state index contributed by atoms with van der Waals surface area (Å²) in [7, 11) is 0. The van der Waals surface area contributed by atoms with Crippen molar-refractivity contribution in [1.82, 2.24) is 10.2 Å². The fourth-order valence-electron chi connectivity index (χ4n) is 2.56. The minimum atomic E-state index is -0.407. The first kappa shape index (κ1) is 15.4. The van der Waals surface area contributed by atoms with Crippen LogP contribution in [0.1, 0.15) is 36.5 Å². The number of amides is 1. The van der Waals surface area contributed by atoms with Crippen LogP contribution >= 0.6 is 15.9 Å². The van der Waals surface area contributed by atoms with Crippen LogP contribution in [0.4, 0.5) is 4.39 Å². The monoisotopic (exact) mass is 342 g/mol. The summed E-state index contributed by atoms with van der Waals surface area (Å²) >= 11 is 3.13. The van der Waals surface area contributed by atoms with Gasteiger partial charge in [0.2, 0.25) is 0 Å². The highest BCUT2D eigenvalue weighted by atomic mass is 79.9. The van der Waals surface area contributed by atoms with Crippen molar-refractivity contribution in [2.24, 2.45) is 0 Å². The first-order chi connectivity index (χ1) is 9.61. The van der Waals surface area contributed by atoms with Crippen LogP contribution in [0.2, 0.25) is 0 Å². The molecule has 110 valence electrons. The quantitative estimate of drug-likeness (QED) is 0.911. The van der Waals surface area contributed by atoms with Crippen LogP contribution in [-0.2, 0) is 0 Å². The fraction of sp³-hybridized carbons (Fsp3) is 0.533. The van der Waals surface area contributed by atoms with Crippen molar-refractivity contribution >= 4 is 21.8 Å². The Kier molecular flexibility index (Phi) is 5.54. The molecule has 2 rings (SSSR count). The number of hydrogen-bond acceptors (Lipinski definition) is 2. The number of benzene rings is 1. The Morgan fingerprint density at radius 2 is 2.15 bits per heavy atom. The Morgan fingerprint density at radius 1 is 1.45 bits per heavy atom. The standard InChI is InChI=1S/C15H20BrFN2O/c1-2-8-19-9-6-11(7-10-19)18-15(20)12-4-3-5-13(17)14(12)16/h3-5,11H,2,6-10H2,1H3,(H,18,20). The predicted octanol–water partition coefficient (Wildman–Crippen LogP) is 3.19. The van der Waals surface area contributed by atoms with E-state index in [4.69, 9.17) is 0 Å². The van der Waals surface area contributed by atoms with E-state index in [-0.39, 0.29) is 16.4 Å². The third kappa shape index (κ3) is 3.79. The maximum Gasteiger partial charge on any atom is 0.252 e. The fourth-order valence-corrected chi connectivity index (χ4v) is 3.00. The van der Waals surface area contributed by atoms with Crippen molar-refractivity contribution in [2.75, 3.05) is 19.6 Å². The molecule has 1 amide bonds. The minimum Gasteiger partial charge on any atom is -0.349 e. The number of likely N-dealkylation sites (tertiary alicyclic amines) is 1. The molecule has 0 atom stereocenters. The molecule has 0 spiro atoms. The number of piperidine rings is 1. The van der Waals surface area contributed by atoms with Crippen molar-refractivity contribution in [3.63, 3.8) is 0 Å². The van der Waals surface area contributed by atoms with Crippen LogP contribution in [0.5, 0.6) is 0 Å². The van der Waals surface area contributed by atoms with E-state index >= 15 is 0 Å². The molecule has 1 fully saturated rings. The number of nitrogens with zero attached hydrogens (tertiary/aromatic N) is 1. The first-order valence-electron chi connectivity index (χ1n) is 7.09. The van der Waals surface area contributed by atoms with E-state index in [1.165, 1.54) is 6.07 Å². The summed E-state index contributed by atoms with van der Waals surface area (Å²) < 4.78 is 13.7. The van der Waals surface area contributed by atoms with Gasteiger partial charge >= 0.3 is 0 Å². The highest BCUT2D eigenvalue weighted by Crippen LogP contribution is 2.21. The molecule has 1 aromatic carbocycles. The van der Waals surface area contributed by atoms with Crippen LogP contribution < -0.4 is 5.32 Å². The van der Waals surface area contributed by atoms with Gasteiger partial charge < -0.3 is 10.2 Å². The molecule has 5 heteroatoms. The van der Waals surface area contributed by atoms with Crippen LogP contribution in [0.25, 0.3) is 0 Å². The zero-order valence-electron chi connectivity index (χ0n) is 11.7. The second-order valence-corrected chi connectivity index (χ2v) is 5.98. The van der Waals surface area contributed by atoms with Crippen molar-refractivity contribution in [1.29, 1.82) is 0 Å². The number of nitrogens with one attached hydrogen (secondary N) is 1. The lowest BCUT2D eigenvalue weighted by molar-refractivity contribution is 0.0910. The molecule has 0 radical (unpaired) electrons. The summed E-state index contributed by atoms with van der Waals surface area (Å²) in [5.74, 6) is -0.610. The van der Waals surface area contributed by atoms with Crippen LogP contribution in [0.15, 0.2) is 22.7 Å². The van der Waals surface area contributed by atoms with Crippen LogP contribution in [0, 0.1) is 5.82 Å². The Hall–Kier alpha value is -0.940. The van der Waals surface area contributed by atoms with E-state index in [0.29, 0.717) is 5.56 Å². The van der Waals surface area contributed by atoms with E-state index in [2.05, 4.69) is 33.1 Å². The van der Waals surface area contributed by atoms with E-state index in [1.807, 2.05) is 0 Å². The zero-order chi connectivity index (χ0) is 14.5. The number of hydrogen-bond donors (Lipinski definition) is 1. The molecule has 1 aliphatic rings. The first-order valence-corrected chi connectivity index (χ1v) is 7.88. The second-order valence-electron chi connectivity index (χ2n) is 5.19. The van der Waals surface area contributed by atoms with Crippen molar-refractivity contribution < 1.29 is 9.18 Å². The van der Waals surface area contributed by atoms with Gasteiger partial charge in [0.15, 0.2) is 0 Å². The molecule has 1 aromatic rings. The molecule has 1 N–H and O–H groups in total. The summed E-state index contributed by atoms with van der Waals surface area (Å²) in [6.45, 7) is 5.33. The Labute approximate surface area is 127 Å². The molecular weight excluding hydrogens is 323 g/mol. The molecule has 1 aliphatic heterocycles. The third-order valence-electron chi connectivity index (χ3n) is 3.66. The molecule has 0 saturated carbocycles. The second kappa shape index (κ2) is 7.18. The summed E-state index contributed by atoms with van der Waals surface area (Å²) in [5.41, 5.74) is 0.362. The molecular formula is C15H20BrFN2O. The van der Waals surface area contributed by atoms with Crippen molar-refractivity contribution in [2.45, 2.75) is 32.2 Å². The molecule has 0 aromatic heterocycles.